The summed E-state index contributed by atoms with van der Waals surface area (Å²) in [5.41, 5.74) is 2.13. The van der Waals surface area contributed by atoms with Crippen LogP contribution < -0.4 is 5.32 Å². The Morgan fingerprint density at radius 1 is 1.21 bits per heavy atom. The molecule has 1 aliphatic heterocycles. The van der Waals surface area contributed by atoms with E-state index in [-0.39, 0.29) is 23.8 Å². The lowest BCUT2D eigenvalue weighted by Crippen LogP contribution is -2.45. The van der Waals surface area contributed by atoms with Gasteiger partial charge in [0.15, 0.2) is 5.76 Å². The third-order valence-electron chi connectivity index (χ3n) is 4.95. The van der Waals surface area contributed by atoms with Gasteiger partial charge in [0.1, 0.15) is 0 Å². The first kappa shape index (κ1) is 20.1. The number of hydrogen-bond donors (Lipinski definition) is 1. The molecule has 2 amide bonds. The summed E-state index contributed by atoms with van der Waals surface area (Å²) in [7, 11) is 0. The Hall–Kier alpha value is -2.60. The standard InChI is InChI=1S/C22H28N2O4/c1-16(2)28-15-19-8-4-3-7-17(19)13-23-21(25)18-9-5-11-24(14-18)22(26)20-10-6-12-27-20/h3-4,6-8,10,12,16,18H,5,9,11,13-15H2,1-2H3,(H,23,25)/t18-/m0/s1. The Balaban J connectivity index is 1.56. The summed E-state index contributed by atoms with van der Waals surface area (Å²) in [5, 5.41) is 3.04. The summed E-state index contributed by atoms with van der Waals surface area (Å²) < 4.78 is 10.9. The number of ether oxygens (including phenoxy) is 1. The van der Waals surface area contributed by atoms with Crippen LogP contribution in [0.1, 0.15) is 48.4 Å². The highest BCUT2D eigenvalue weighted by Crippen LogP contribution is 2.20. The fourth-order valence-electron chi connectivity index (χ4n) is 3.39. The van der Waals surface area contributed by atoms with Crippen molar-refractivity contribution in [2.45, 2.75) is 45.9 Å². The number of hydrogen-bond acceptors (Lipinski definition) is 4. The largest absolute Gasteiger partial charge is 0.459 e. The van der Waals surface area contributed by atoms with Crippen molar-refractivity contribution >= 4 is 11.8 Å². The molecular weight excluding hydrogens is 356 g/mol. The van der Waals surface area contributed by atoms with Gasteiger partial charge in [0, 0.05) is 19.6 Å². The number of carbonyl (C=O) groups excluding carboxylic acids is 2. The molecule has 1 N–H and O–H groups in total. The number of nitrogens with zero attached hydrogens (tertiary/aromatic N) is 1. The molecule has 0 bridgehead atoms. The van der Waals surface area contributed by atoms with Crippen LogP contribution in [-0.2, 0) is 22.7 Å². The van der Waals surface area contributed by atoms with Gasteiger partial charge in [0.05, 0.1) is 24.9 Å². The van der Waals surface area contributed by atoms with E-state index in [1.165, 1.54) is 6.26 Å². The molecule has 1 aromatic heterocycles. The average molecular weight is 384 g/mol. The monoisotopic (exact) mass is 384 g/mol. The number of benzene rings is 1. The van der Waals surface area contributed by atoms with Crippen molar-refractivity contribution in [1.29, 1.82) is 0 Å². The first-order chi connectivity index (χ1) is 13.5. The molecule has 0 saturated carbocycles. The van der Waals surface area contributed by atoms with E-state index in [4.69, 9.17) is 9.15 Å². The molecule has 2 heterocycles. The van der Waals surface area contributed by atoms with E-state index < -0.39 is 0 Å². The van der Waals surface area contributed by atoms with E-state index >= 15 is 0 Å². The predicted octanol–water partition coefficient (Wildman–Crippen LogP) is 3.37. The molecule has 28 heavy (non-hydrogen) atoms. The molecular formula is C22H28N2O4. The SMILES string of the molecule is CC(C)OCc1ccccc1CNC(=O)[C@H]1CCCN(C(=O)c2ccco2)C1. The van der Waals surface area contributed by atoms with Crippen molar-refractivity contribution in [2.24, 2.45) is 5.92 Å². The maximum atomic E-state index is 12.7. The second-order valence-corrected chi connectivity index (χ2v) is 7.41. The van der Waals surface area contributed by atoms with Crippen molar-refractivity contribution in [2.75, 3.05) is 13.1 Å². The van der Waals surface area contributed by atoms with Gasteiger partial charge < -0.3 is 19.4 Å². The molecule has 1 saturated heterocycles. The van der Waals surface area contributed by atoms with Crippen LogP contribution in [0.3, 0.4) is 0 Å². The fraction of sp³-hybridized carbons (Fsp3) is 0.455. The summed E-state index contributed by atoms with van der Waals surface area (Å²) in [6, 6.07) is 11.3. The third kappa shape index (κ3) is 5.23. The van der Waals surface area contributed by atoms with Crippen LogP contribution in [-0.4, -0.2) is 35.9 Å². The number of amides is 2. The normalized spacial score (nSPS) is 17.0. The number of likely N-dealkylation sites (tertiary alicyclic amines) is 1. The maximum absolute atomic E-state index is 12.7. The van der Waals surface area contributed by atoms with Crippen LogP contribution in [0.5, 0.6) is 0 Å². The van der Waals surface area contributed by atoms with Gasteiger partial charge >= 0.3 is 0 Å². The van der Waals surface area contributed by atoms with Crippen molar-refractivity contribution in [3.63, 3.8) is 0 Å². The van der Waals surface area contributed by atoms with E-state index in [1.54, 1.807) is 17.0 Å². The molecule has 0 radical (unpaired) electrons. The van der Waals surface area contributed by atoms with E-state index in [0.29, 0.717) is 32.0 Å². The molecule has 1 atom stereocenters. The van der Waals surface area contributed by atoms with Crippen LogP contribution in [0.4, 0.5) is 0 Å². The van der Waals surface area contributed by atoms with Crippen LogP contribution >= 0.6 is 0 Å². The van der Waals surface area contributed by atoms with E-state index in [9.17, 15) is 9.59 Å². The average Bonchev–Trinajstić information content (AvgIpc) is 3.25. The number of furan rings is 1. The smallest absolute Gasteiger partial charge is 0.289 e. The topological polar surface area (TPSA) is 71.8 Å². The molecule has 0 spiro atoms. The van der Waals surface area contributed by atoms with Gasteiger partial charge in [-0.1, -0.05) is 24.3 Å². The molecule has 3 rings (SSSR count). The third-order valence-corrected chi connectivity index (χ3v) is 4.95. The lowest BCUT2D eigenvalue weighted by Gasteiger charge is -2.31. The number of carbonyl (C=O) groups is 2. The van der Waals surface area contributed by atoms with Gasteiger partial charge in [-0.05, 0) is 49.9 Å². The number of piperidine rings is 1. The van der Waals surface area contributed by atoms with E-state index in [1.807, 2.05) is 38.1 Å². The maximum Gasteiger partial charge on any atom is 0.289 e. The van der Waals surface area contributed by atoms with Gasteiger partial charge in [-0.2, -0.15) is 0 Å². The first-order valence-electron chi connectivity index (χ1n) is 9.83. The minimum absolute atomic E-state index is 0.0171. The summed E-state index contributed by atoms with van der Waals surface area (Å²) in [5.74, 6) is -0.0536. The van der Waals surface area contributed by atoms with Crippen molar-refractivity contribution in [3.8, 4) is 0 Å². The Labute approximate surface area is 165 Å². The molecule has 1 aromatic carbocycles. The van der Waals surface area contributed by atoms with Crippen LogP contribution in [0, 0.1) is 5.92 Å². The molecule has 0 aliphatic carbocycles. The van der Waals surface area contributed by atoms with Gasteiger partial charge in [0.2, 0.25) is 5.91 Å². The zero-order valence-electron chi connectivity index (χ0n) is 16.5. The lowest BCUT2D eigenvalue weighted by atomic mass is 9.96. The number of rotatable bonds is 7. The van der Waals surface area contributed by atoms with Gasteiger partial charge in [-0.3, -0.25) is 9.59 Å². The summed E-state index contributed by atoms with van der Waals surface area (Å²) in [6.45, 7) is 6.06. The molecule has 1 aliphatic rings. The summed E-state index contributed by atoms with van der Waals surface area (Å²) >= 11 is 0. The molecule has 0 unspecified atom stereocenters. The zero-order valence-corrected chi connectivity index (χ0v) is 16.5. The Morgan fingerprint density at radius 2 is 2.00 bits per heavy atom. The second kappa shape index (κ2) is 9.55. The molecule has 6 nitrogen and oxygen atoms in total. The Bertz CT molecular complexity index is 786. The van der Waals surface area contributed by atoms with E-state index in [2.05, 4.69) is 5.32 Å². The quantitative estimate of drug-likeness (QED) is 0.794. The highest BCUT2D eigenvalue weighted by atomic mass is 16.5. The van der Waals surface area contributed by atoms with Crippen LogP contribution in [0.2, 0.25) is 0 Å². The van der Waals surface area contributed by atoms with Crippen molar-refractivity contribution in [3.05, 3.63) is 59.5 Å². The zero-order chi connectivity index (χ0) is 19.9. The first-order valence-corrected chi connectivity index (χ1v) is 9.83. The van der Waals surface area contributed by atoms with Crippen LogP contribution in [0.15, 0.2) is 47.1 Å². The van der Waals surface area contributed by atoms with Crippen molar-refractivity contribution < 1.29 is 18.7 Å². The minimum atomic E-state index is -0.202. The van der Waals surface area contributed by atoms with Gasteiger partial charge in [0.25, 0.3) is 5.91 Å². The molecule has 1 fully saturated rings. The Kier molecular flexibility index (Phi) is 6.87. The predicted molar refractivity (Wildman–Crippen MR) is 106 cm³/mol. The summed E-state index contributed by atoms with van der Waals surface area (Å²) in [6.07, 6.45) is 3.24. The Morgan fingerprint density at radius 3 is 2.71 bits per heavy atom. The van der Waals surface area contributed by atoms with Gasteiger partial charge in [-0.25, -0.2) is 0 Å². The molecule has 6 heteroatoms. The highest BCUT2D eigenvalue weighted by molar-refractivity contribution is 5.92. The fourth-order valence-corrected chi connectivity index (χ4v) is 3.39. The van der Waals surface area contributed by atoms with E-state index in [0.717, 1.165) is 24.0 Å². The lowest BCUT2D eigenvalue weighted by molar-refractivity contribution is -0.126. The van der Waals surface area contributed by atoms with Crippen LogP contribution in [0.25, 0.3) is 0 Å². The van der Waals surface area contributed by atoms with Crippen molar-refractivity contribution in [1.82, 2.24) is 10.2 Å². The number of nitrogens with one attached hydrogen (secondary N) is 1. The second-order valence-electron chi connectivity index (χ2n) is 7.41. The van der Waals surface area contributed by atoms with Gasteiger partial charge in [-0.15, -0.1) is 0 Å². The molecule has 150 valence electrons. The highest BCUT2D eigenvalue weighted by Gasteiger charge is 2.29. The minimum Gasteiger partial charge on any atom is -0.459 e. The summed E-state index contributed by atoms with van der Waals surface area (Å²) in [4.78, 5) is 26.9. The molecule has 2 aromatic rings.